The summed E-state index contributed by atoms with van der Waals surface area (Å²) >= 11 is 0. The molecule has 0 aliphatic carbocycles. The molecule has 0 saturated heterocycles. The highest BCUT2D eigenvalue weighted by Crippen LogP contribution is 2.18. The molecule has 0 aliphatic heterocycles. The number of rotatable bonds is 5. The van der Waals surface area contributed by atoms with Gasteiger partial charge in [-0.1, -0.05) is 25.1 Å². The van der Waals surface area contributed by atoms with E-state index in [1.165, 1.54) is 12.1 Å². The van der Waals surface area contributed by atoms with Gasteiger partial charge in [0, 0.05) is 12.1 Å². The van der Waals surface area contributed by atoms with E-state index < -0.39 is 5.97 Å². The molecule has 120 valence electrons. The van der Waals surface area contributed by atoms with Crippen LogP contribution in [0, 0.1) is 12.7 Å². The van der Waals surface area contributed by atoms with E-state index in [9.17, 15) is 14.0 Å². The lowest BCUT2D eigenvalue weighted by Crippen LogP contribution is -2.12. The molecule has 23 heavy (non-hydrogen) atoms. The molecule has 0 spiro atoms. The minimum Gasteiger partial charge on any atom is -0.457 e. The standard InChI is InChI=1S/C18H18FNO3/c1-3-17(21)20-16-10-14(8-7-12(16)2)18(22)23-11-13-5-4-6-15(19)9-13/h4-10H,3,11H2,1-2H3,(H,20,21). The SMILES string of the molecule is CCC(=O)Nc1cc(C(=O)OCc2cccc(F)c2)ccc1C. The lowest BCUT2D eigenvalue weighted by Gasteiger charge is -2.10. The molecular formula is C18H18FNO3. The Labute approximate surface area is 134 Å². The average molecular weight is 315 g/mol. The van der Waals surface area contributed by atoms with Crippen LogP contribution in [0.4, 0.5) is 10.1 Å². The highest BCUT2D eigenvalue weighted by Gasteiger charge is 2.11. The number of benzene rings is 2. The van der Waals surface area contributed by atoms with Gasteiger partial charge >= 0.3 is 5.97 Å². The molecule has 0 saturated carbocycles. The first-order valence-electron chi connectivity index (χ1n) is 7.31. The van der Waals surface area contributed by atoms with Crippen LogP contribution in [0.5, 0.6) is 0 Å². The van der Waals surface area contributed by atoms with Crippen LogP contribution in [-0.2, 0) is 16.1 Å². The van der Waals surface area contributed by atoms with Gasteiger partial charge < -0.3 is 10.1 Å². The molecule has 0 bridgehead atoms. The van der Waals surface area contributed by atoms with Crippen molar-refractivity contribution in [1.29, 1.82) is 0 Å². The van der Waals surface area contributed by atoms with Gasteiger partial charge in [0.05, 0.1) is 5.56 Å². The molecule has 4 nitrogen and oxygen atoms in total. The lowest BCUT2D eigenvalue weighted by molar-refractivity contribution is -0.115. The first kappa shape index (κ1) is 16.7. The van der Waals surface area contributed by atoms with Gasteiger partial charge in [0.15, 0.2) is 0 Å². The fraction of sp³-hybridized carbons (Fsp3) is 0.222. The number of amides is 1. The van der Waals surface area contributed by atoms with Crippen molar-refractivity contribution in [2.75, 3.05) is 5.32 Å². The van der Waals surface area contributed by atoms with Gasteiger partial charge in [0.25, 0.3) is 0 Å². The molecule has 0 unspecified atom stereocenters. The lowest BCUT2D eigenvalue weighted by atomic mass is 10.1. The number of esters is 1. The van der Waals surface area contributed by atoms with Gasteiger partial charge in [-0.2, -0.15) is 0 Å². The van der Waals surface area contributed by atoms with Crippen LogP contribution in [0.2, 0.25) is 0 Å². The maximum atomic E-state index is 13.1. The Morgan fingerprint density at radius 3 is 2.65 bits per heavy atom. The summed E-state index contributed by atoms with van der Waals surface area (Å²) < 4.78 is 18.3. The zero-order chi connectivity index (χ0) is 16.8. The van der Waals surface area contributed by atoms with E-state index in [4.69, 9.17) is 4.74 Å². The largest absolute Gasteiger partial charge is 0.457 e. The predicted molar refractivity (Wildman–Crippen MR) is 85.6 cm³/mol. The van der Waals surface area contributed by atoms with Crippen molar-refractivity contribution < 1.29 is 18.7 Å². The van der Waals surface area contributed by atoms with Gasteiger partial charge in [-0.15, -0.1) is 0 Å². The summed E-state index contributed by atoms with van der Waals surface area (Å²) in [5, 5.41) is 2.74. The predicted octanol–water partition coefficient (Wildman–Crippen LogP) is 3.84. The fourth-order valence-electron chi connectivity index (χ4n) is 1.98. The molecule has 0 aliphatic rings. The second-order valence-corrected chi connectivity index (χ2v) is 5.14. The summed E-state index contributed by atoms with van der Waals surface area (Å²) in [5.74, 6) is -1.03. The van der Waals surface area contributed by atoms with Crippen LogP contribution in [0.3, 0.4) is 0 Å². The Kier molecular flexibility index (Phi) is 5.46. The first-order valence-corrected chi connectivity index (χ1v) is 7.31. The van der Waals surface area contributed by atoms with Gasteiger partial charge in [-0.05, 0) is 42.3 Å². The van der Waals surface area contributed by atoms with Crippen LogP contribution in [0.25, 0.3) is 0 Å². The van der Waals surface area contributed by atoms with Crippen LogP contribution in [0.15, 0.2) is 42.5 Å². The molecule has 2 rings (SSSR count). The summed E-state index contributed by atoms with van der Waals surface area (Å²) in [6.45, 7) is 3.58. The number of hydrogen-bond donors (Lipinski definition) is 1. The third kappa shape index (κ3) is 4.64. The van der Waals surface area contributed by atoms with Gasteiger partial charge in [-0.3, -0.25) is 4.79 Å². The number of anilines is 1. The quantitative estimate of drug-likeness (QED) is 0.853. The molecule has 2 aromatic carbocycles. The summed E-state index contributed by atoms with van der Waals surface area (Å²) in [4.78, 5) is 23.6. The van der Waals surface area contributed by atoms with Crippen LogP contribution in [-0.4, -0.2) is 11.9 Å². The Morgan fingerprint density at radius 2 is 1.96 bits per heavy atom. The Balaban J connectivity index is 2.07. The molecule has 1 amide bonds. The van der Waals surface area contributed by atoms with E-state index in [1.807, 2.05) is 6.92 Å². The number of aryl methyl sites for hydroxylation is 1. The summed E-state index contributed by atoms with van der Waals surface area (Å²) in [6.07, 6.45) is 0.355. The maximum Gasteiger partial charge on any atom is 0.338 e. The van der Waals surface area contributed by atoms with E-state index in [-0.39, 0.29) is 18.3 Å². The number of carbonyl (C=O) groups is 2. The minimum absolute atomic E-state index is 0.0128. The van der Waals surface area contributed by atoms with Crippen molar-refractivity contribution in [1.82, 2.24) is 0 Å². The maximum absolute atomic E-state index is 13.1. The summed E-state index contributed by atoms with van der Waals surface area (Å²) in [6, 6.07) is 10.8. The number of ether oxygens (including phenoxy) is 1. The normalized spacial score (nSPS) is 10.2. The van der Waals surface area contributed by atoms with Crippen molar-refractivity contribution in [3.05, 3.63) is 65.0 Å². The second kappa shape index (κ2) is 7.54. The van der Waals surface area contributed by atoms with E-state index >= 15 is 0 Å². The van der Waals surface area contributed by atoms with E-state index in [0.717, 1.165) is 5.56 Å². The number of hydrogen-bond acceptors (Lipinski definition) is 3. The number of halogens is 1. The van der Waals surface area contributed by atoms with E-state index in [0.29, 0.717) is 23.2 Å². The van der Waals surface area contributed by atoms with E-state index in [1.54, 1.807) is 37.3 Å². The molecule has 2 aromatic rings. The molecule has 0 atom stereocenters. The van der Waals surface area contributed by atoms with Gasteiger partial charge in [0.1, 0.15) is 12.4 Å². The smallest absolute Gasteiger partial charge is 0.338 e. The van der Waals surface area contributed by atoms with E-state index in [2.05, 4.69) is 5.32 Å². The molecular weight excluding hydrogens is 297 g/mol. The fourth-order valence-corrected chi connectivity index (χ4v) is 1.98. The second-order valence-electron chi connectivity index (χ2n) is 5.14. The summed E-state index contributed by atoms with van der Waals surface area (Å²) in [7, 11) is 0. The van der Waals surface area contributed by atoms with Gasteiger partial charge in [0.2, 0.25) is 5.91 Å². The topological polar surface area (TPSA) is 55.4 Å². The molecule has 0 radical (unpaired) electrons. The van der Waals surface area contributed by atoms with Crippen LogP contribution < -0.4 is 5.32 Å². The zero-order valence-corrected chi connectivity index (χ0v) is 13.1. The van der Waals surface area contributed by atoms with Crippen molar-refractivity contribution in [3.8, 4) is 0 Å². The highest BCUT2D eigenvalue weighted by molar-refractivity contribution is 5.95. The van der Waals surface area contributed by atoms with Gasteiger partial charge in [-0.25, -0.2) is 9.18 Å². The Morgan fingerprint density at radius 1 is 1.17 bits per heavy atom. The minimum atomic E-state index is -0.527. The monoisotopic (exact) mass is 315 g/mol. The van der Waals surface area contributed by atoms with Crippen LogP contribution in [0.1, 0.15) is 34.8 Å². The van der Waals surface area contributed by atoms with Crippen molar-refractivity contribution in [3.63, 3.8) is 0 Å². The molecule has 0 aromatic heterocycles. The van der Waals surface area contributed by atoms with Crippen molar-refractivity contribution in [2.24, 2.45) is 0 Å². The zero-order valence-electron chi connectivity index (χ0n) is 13.1. The Hall–Kier alpha value is -2.69. The van der Waals surface area contributed by atoms with Crippen molar-refractivity contribution >= 4 is 17.6 Å². The molecule has 1 N–H and O–H groups in total. The summed E-state index contributed by atoms with van der Waals surface area (Å²) in [5.41, 5.74) is 2.34. The van der Waals surface area contributed by atoms with Crippen LogP contribution >= 0.6 is 0 Å². The molecule has 0 heterocycles. The third-order valence-electron chi connectivity index (χ3n) is 3.33. The van der Waals surface area contributed by atoms with Crippen molar-refractivity contribution in [2.45, 2.75) is 26.9 Å². The third-order valence-corrected chi connectivity index (χ3v) is 3.33. The average Bonchev–Trinajstić information content (AvgIpc) is 2.54. The number of carbonyl (C=O) groups excluding carboxylic acids is 2. The molecule has 0 fully saturated rings. The number of nitrogens with one attached hydrogen (secondary N) is 1. The Bertz CT molecular complexity index is 728. The highest BCUT2D eigenvalue weighted by atomic mass is 19.1. The first-order chi connectivity index (χ1) is 11.0. The molecule has 5 heteroatoms.